The number of nitrogens with one attached hydrogen (secondary N) is 3. The fourth-order valence-electron chi connectivity index (χ4n) is 3.36. The molecular formula is C24H26FN7O4. The second kappa shape index (κ2) is 10.2. The zero-order valence-electron chi connectivity index (χ0n) is 22.5. The smallest absolute Gasteiger partial charge is 0.273 e. The highest BCUT2D eigenvalue weighted by molar-refractivity contribution is 6.00. The van der Waals surface area contributed by atoms with E-state index >= 15 is 0 Å². The van der Waals surface area contributed by atoms with Crippen molar-refractivity contribution in [3.8, 4) is 17.0 Å². The predicted molar refractivity (Wildman–Crippen MR) is 130 cm³/mol. The molecule has 0 radical (unpaired) electrons. The first-order chi connectivity index (χ1) is 18.4. The van der Waals surface area contributed by atoms with Crippen LogP contribution in [0.2, 0.25) is 0 Å². The number of carbonyl (C=O) groups excluding carboxylic acids is 2. The van der Waals surface area contributed by atoms with Gasteiger partial charge in [-0.3, -0.25) is 19.6 Å². The van der Waals surface area contributed by atoms with Crippen molar-refractivity contribution in [1.29, 1.82) is 0 Å². The molecule has 1 aromatic carbocycles. The van der Waals surface area contributed by atoms with Gasteiger partial charge in [-0.25, -0.2) is 4.39 Å². The van der Waals surface area contributed by atoms with Crippen LogP contribution in [0.25, 0.3) is 11.3 Å². The van der Waals surface area contributed by atoms with Gasteiger partial charge in [-0.1, -0.05) is 6.07 Å². The Labute approximate surface area is 210 Å². The molecule has 1 saturated carbocycles. The third kappa shape index (κ3) is 5.23. The van der Waals surface area contributed by atoms with Crippen LogP contribution in [0.4, 0.5) is 21.6 Å². The van der Waals surface area contributed by atoms with Crippen LogP contribution in [0.1, 0.15) is 40.1 Å². The van der Waals surface area contributed by atoms with E-state index in [1.807, 2.05) is 5.32 Å². The number of carbonyl (C=O) groups is 2. The van der Waals surface area contributed by atoms with Gasteiger partial charge in [0.25, 0.3) is 5.91 Å². The lowest BCUT2D eigenvalue weighted by molar-refractivity contribution is -0.117. The molecule has 0 spiro atoms. The van der Waals surface area contributed by atoms with Crippen molar-refractivity contribution in [2.24, 2.45) is 5.92 Å². The monoisotopic (exact) mass is 498 g/mol. The molecule has 2 aromatic heterocycles. The van der Waals surface area contributed by atoms with E-state index in [-0.39, 0.29) is 40.5 Å². The summed E-state index contributed by atoms with van der Waals surface area (Å²) in [7, 11) is 1.41. The highest BCUT2D eigenvalue weighted by atomic mass is 19.1. The molecule has 2 heterocycles. The quantitative estimate of drug-likeness (QED) is 0.349. The Hall–Kier alpha value is -4.19. The summed E-state index contributed by atoms with van der Waals surface area (Å²) in [6, 6.07) is 6.35. The molecule has 0 bridgehead atoms. The molecule has 1 aliphatic rings. The average molecular weight is 499 g/mol. The largest absolute Gasteiger partial charge is 0.494 e. The number of ether oxygens (including phenoxy) is 1. The Kier molecular flexibility index (Phi) is 5.98. The van der Waals surface area contributed by atoms with Crippen LogP contribution in [0, 0.1) is 5.92 Å². The molecule has 2 amide bonds. The molecule has 36 heavy (non-hydrogen) atoms. The maximum atomic E-state index is 13.1. The summed E-state index contributed by atoms with van der Waals surface area (Å²) < 4.78 is 40.8. The average Bonchev–Trinajstić information content (AvgIpc) is 3.73. The molecule has 0 aliphatic heterocycles. The van der Waals surface area contributed by atoms with Crippen LogP contribution < -0.4 is 20.7 Å². The highest BCUT2D eigenvalue weighted by Gasteiger charge is 2.30. The Morgan fingerprint density at radius 1 is 1.25 bits per heavy atom. The molecule has 12 heteroatoms. The molecule has 0 saturated heterocycles. The number of halogens is 1. The van der Waals surface area contributed by atoms with E-state index in [4.69, 9.17) is 8.85 Å². The van der Waals surface area contributed by atoms with Crippen molar-refractivity contribution in [3.05, 3.63) is 48.0 Å². The van der Waals surface area contributed by atoms with Crippen molar-refractivity contribution in [2.75, 3.05) is 31.4 Å². The van der Waals surface area contributed by atoms with Crippen molar-refractivity contribution in [3.63, 3.8) is 0 Å². The first-order valence-electron chi connectivity index (χ1n) is 12.5. The van der Waals surface area contributed by atoms with Gasteiger partial charge >= 0.3 is 0 Å². The topological polar surface area (TPSA) is 151 Å². The Morgan fingerprint density at radius 2 is 2.06 bits per heavy atom. The van der Waals surface area contributed by atoms with Gasteiger partial charge in [-0.15, -0.1) is 10.2 Å². The lowest BCUT2D eigenvalue weighted by Crippen LogP contribution is -2.25. The van der Waals surface area contributed by atoms with E-state index in [2.05, 4.69) is 30.8 Å². The summed E-state index contributed by atoms with van der Waals surface area (Å²) in [5, 5.41) is 25.3. The fraction of sp³-hybridized carbons (Fsp3) is 0.333. The number of para-hydroxylation sites is 1. The van der Waals surface area contributed by atoms with Gasteiger partial charge in [0.1, 0.15) is 12.3 Å². The maximum absolute atomic E-state index is 13.1. The van der Waals surface area contributed by atoms with Gasteiger partial charge in [0, 0.05) is 28.6 Å². The standard InChI is InChI=1S/C24H26FN7O4/c1-24(35,12-25)18-11-27-17(10-28-18)14-5-4-6-15(21(14)36-3)29-16-9-19(30-22(33)13-7-8-13)31-32-20(16)23(34)26-2/h4-6,9-11,13,35H,7-8,12H2,1-3H3,(H,26,34)(H2,29,30,31,33)/i2D3. The minimum Gasteiger partial charge on any atom is -0.494 e. The van der Waals surface area contributed by atoms with E-state index in [0.29, 0.717) is 16.9 Å². The molecule has 1 atom stereocenters. The van der Waals surface area contributed by atoms with Crippen molar-refractivity contribution in [1.82, 2.24) is 25.5 Å². The minimum atomic E-state index is -2.77. The van der Waals surface area contributed by atoms with E-state index < -0.39 is 25.2 Å². The van der Waals surface area contributed by atoms with Crippen LogP contribution in [-0.4, -0.2) is 57.8 Å². The molecule has 188 valence electrons. The van der Waals surface area contributed by atoms with E-state index in [1.165, 1.54) is 32.5 Å². The first kappa shape index (κ1) is 21.1. The van der Waals surface area contributed by atoms with E-state index in [9.17, 15) is 19.1 Å². The van der Waals surface area contributed by atoms with Crippen LogP contribution in [0.5, 0.6) is 5.75 Å². The van der Waals surface area contributed by atoms with Crippen molar-refractivity contribution in [2.45, 2.75) is 25.4 Å². The van der Waals surface area contributed by atoms with Crippen molar-refractivity contribution >= 4 is 29.0 Å². The molecule has 4 rings (SSSR count). The Bertz CT molecular complexity index is 1380. The number of amides is 2. The number of hydrogen-bond acceptors (Lipinski definition) is 9. The number of benzene rings is 1. The summed E-state index contributed by atoms with van der Waals surface area (Å²) in [6.45, 7) is -2.53. The second-order valence-corrected chi connectivity index (χ2v) is 8.42. The zero-order chi connectivity index (χ0) is 28.4. The normalized spacial score (nSPS) is 16.1. The van der Waals surface area contributed by atoms with Gasteiger partial charge < -0.3 is 25.8 Å². The summed E-state index contributed by atoms with van der Waals surface area (Å²) in [4.78, 5) is 33.3. The predicted octanol–water partition coefficient (Wildman–Crippen LogP) is 2.57. The zero-order valence-corrected chi connectivity index (χ0v) is 19.5. The number of aromatic nitrogens is 4. The molecule has 4 N–H and O–H groups in total. The molecule has 1 fully saturated rings. The third-order valence-electron chi connectivity index (χ3n) is 5.55. The Balaban J connectivity index is 1.71. The first-order valence-corrected chi connectivity index (χ1v) is 11.0. The lowest BCUT2D eigenvalue weighted by Gasteiger charge is -2.19. The number of anilines is 3. The highest BCUT2D eigenvalue weighted by Crippen LogP contribution is 2.38. The Morgan fingerprint density at radius 3 is 2.69 bits per heavy atom. The van der Waals surface area contributed by atoms with Crippen LogP contribution in [-0.2, 0) is 10.4 Å². The van der Waals surface area contributed by atoms with Gasteiger partial charge in [-0.2, -0.15) is 0 Å². The van der Waals surface area contributed by atoms with E-state index in [0.717, 1.165) is 12.8 Å². The van der Waals surface area contributed by atoms with Crippen molar-refractivity contribution < 1.29 is 27.9 Å². The summed E-state index contributed by atoms with van der Waals surface area (Å²) in [5.74, 6) is -1.01. The second-order valence-electron chi connectivity index (χ2n) is 8.42. The fourth-order valence-corrected chi connectivity index (χ4v) is 3.36. The summed E-state index contributed by atoms with van der Waals surface area (Å²) >= 11 is 0. The van der Waals surface area contributed by atoms with Gasteiger partial charge in [0.2, 0.25) is 5.91 Å². The number of alkyl halides is 1. The molecule has 3 aromatic rings. The molecule has 1 aliphatic carbocycles. The third-order valence-corrected chi connectivity index (χ3v) is 5.55. The van der Waals surface area contributed by atoms with Crippen LogP contribution >= 0.6 is 0 Å². The van der Waals surface area contributed by atoms with Gasteiger partial charge in [0.05, 0.1) is 42.3 Å². The molecule has 1 unspecified atom stereocenters. The van der Waals surface area contributed by atoms with Crippen LogP contribution in [0.3, 0.4) is 0 Å². The lowest BCUT2D eigenvalue weighted by atomic mass is 10.0. The summed E-state index contributed by atoms with van der Waals surface area (Å²) in [6.07, 6.45) is 4.15. The van der Waals surface area contributed by atoms with Crippen LogP contribution in [0.15, 0.2) is 36.7 Å². The van der Waals surface area contributed by atoms with Gasteiger partial charge in [-0.05, 0) is 31.9 Å². The summed E-state index contributed by atoms with van der Waals surface area (Å²) in [5.41, 5.74) is -0.860. The maximum Gasteiger partial charge on any atom is 0.273 e. The number of aliphatic hydroxyl groups is 1. The van der Waals surface area contributed by atoms with Gasteiger partial charge in [0.15, 0.2) is 17.3 Å². The number of hydrogen-bond donors (Lipinski definition) is 4. The molecule has 11 nitrogen and oxygen atoms in total. The van der Waals surface area contributed by atoms with E-state index in [1.54, 1.807) is 18.2 Å². The number of nitrogens with zero attached hydrogens (tertiary/aromatic N) is 4. The molecular weight excluding hydrogens is 469 g/mol. The minimum absolute atomic E-state index is 0.0497. The number of methoxy groups -OCH3 is 1. The number of rotatable bonds is 9. The SMILES string of the molecule is [2H]C([2H])([2H])NC(=O)c1nnc(NC(=O)C2CC2)cc1Nc1cccc(-c2cnc(C(C)(O)CF)cn2)c1OC.